The van der Waals surface area contributed by atoms with Crippen molar-refractivity contribution in [3.8, 4) is 0 Å². The zero-order valence-electron chi connectivity index (χ0n) is 11.1. The van der Waals surface area contributed by atoms with Crippen LogP contribution in [0.25, 0.3) is 0 Å². The molecule has 0 spiro atoms. The van der Waals surface area contributed by atoms with Crippen LogP contribution in [0.3, 0.4) is 0 Å². The van der Waals surface area contributed by atoms with E-state index < -0.39 is 0 Å². The van der Waals surface area contributed by atoms with Gasteiger partial charge in [-0.15, -0.1) is 0 Å². The van der Waals surface area contributed by atoms with Crippen molar-refractivity contribution < 1.29 is 14.6 Å². The highest BCUT2D eigenvalue weighted by molar-refractivity contribution is 4.75. The monoisotopic (exact) mass is 245 g/mol. The van der Waals surface area contributed by atoms with Gasteiger partial charge in [-0.05, 0) is 31.6 Å². The van der Waals surface area contributed by atoms with Gasteiger partial charge >= 0.3 is 0 Å². The van der Waals surface area contributed by atoms with Crippen LogP contribution in [-0.4, -0.2) is 43.2 Å². The van der Waals surface area contributed by atoms with E-state index in [-0.39, 0.29) is 24.9 Å². The van der Waals surface area contributed by atoms with Crippen molar-refractivity contribution in [3.05, 3.63) is 0 Å². The zero-order valence-corrected chi connectivity index (χ0v) is 11.1. The molecular weight excluding hydrogens is 218 g/mol. The summed E-state index contributed by atoms with van der Waals surface area (Å²) in [6, 6.07) is -0.0939. The molecular formula is C13H27NO3. The van der Waals surface area contributed by atoms with Crippen LogP contribution in [0.5, 0.6) is 0 Å². The van der Waals surface area contributed by atoms with Crippen molar-refractivity contribution in [2.24, 2.45) is 11.7 Å². The summed E-state index contributed by atoms with van der Waals surface area (Å²) in [6.07, 6.45) is 4.20. The fourth-order valence-corrected chi connectivity index (χ4v) is 2.18. The van der Waals surface area contributed by atoms with Gasteiger partial charge in [0.15, 0.2) is 0 Å². The molecule has 4 nitrogen and oxygen atoms in total. The van der Waals surface area contributed by atoms with Gasteiger partial charge in [-0.3, -0.25) is 0 Å². The topological polar surface area (TPSA) is 64.7 Å². The lowest BCUT2D eigenvalue weighted by atomic mass is 10.0. The first-order valence-electron chi connectivity index (χ1n) is 6.73. The molecule has 0 bridgehead atoms. The molecule has 3 N–H and O–H groups in total. The third-order valence-electron chi connectivity index (χ3n) is 3.17. The molecule has 3 atom stereocenters. The minimum absolute atomic E-state index is 0.0133. The van der Waals surface area contributed by atoms with Gasteiger partial charge in [0.05, 0.1) is 25.4 Å². The molecule has 102 valence electrons. The van der Waals surface area contributed by atoms with E-state index in [0.29, 0.717) is 12.5 Å². The van der Waals surface area contributed by atoms with Crippen LogP contribution in [-0.2, 0) is 9.47 Å². The maximum absolute atomic E-state index is 9.29. The van der Waals surface area contributed by atoms with Crippen LogP contribution in [0, 0.1) is 5.92 Å². The van der Waals surface area contributed by atoms with E-state index in [2.05, 4.69) is 13.8 Å². The van der Waals surface area contributed by atoms with Crippen molar-refractivity contribution in [2.75, 3.05) is 19.8 Å². The van der Waals surface area contributed by atoms with Gasteiger partial charge in [0.2, 0.25) is 0 Å². The van der Waals surface area contributed by atoms with Gasteiger partial charge in [0.25, 0.3) is 0 Å². The molecule has 0 aliphatic carbocycles. The van der Waals surface area contributed by atoms with Crippen LogP contribution in [0.15, 0.2) is 0 Å². The second-order valence-corrected chi connectivity index (χ2v) is 5.34. The summed E-state index contributed by atoms with van der Waals surface area (Å²) in [7, 11) is 0. The smallest absolute Gasteiger partial charge is 0.0957 e. The minimum Gasteiger partial charge on any atom is -0.394 e. The van der Waals surface area contributed by atoms with Crippen LogP contribution < -0.4 is 5.73 Å². The second kappa shape index (κ2) is 8.03. The molecule has 3 unspecified atom stereocenters. The molecule has 4 heteroatoms. The highest BCUT2D eigenvalue weighted by atomic mass is 16.5. The predicted molar refractivity (Wildman–Crippen MR) is 67.8 cm³/mol. The number of aliphatic hydroxyl groups is 1. The zero-order chi connectivity index (χ0) is 12.7. The molecule has 17 heavy (non-hydrogen) atoms. The van der Waals surface area contributed by atoms with Gasteiger partial charge in [0, 0.05) is 12.6 Å². The predicted octanol–water partition coefficient (Wildman–Crippen LogP) is 1.31. The first-order chi connectivity index (χ1) is 8.13. The van der Waals surface area contributed by atoms with E-state index in [1.807, 2.05) is 0 Å². The SMILES string of the molecule is CC(C)CC(N)C(CO)OCC1CCCCO1. The molecule has 0 amide bonds. The maximum Gasteiger partial charge on any atom is 0.0957 e. The Labute approximate surface area is 104 Å². The first-order valence-corrected chi connectivity index (χ1v) is 6.73. The summed E-state index contributed by atoms with van der Waals surface area (Å²) in [4.78, 5) is 0. The van der Waals surface area contributed by atoms with Crippen LogP contribution in [0.1, 0.15) is 39.5 Å². The van der Waals surface area contributed by atoms with Gasteiger partial charge in [-0.25, -0.2) is 0 Å². The number of hydrogen-bond donors (Lipinski definition) is 2. The van der Waals surface area contributed by atoms with Gasteiger partial charge in [-0.1, -0.05) is 13.8 Å². The van der Waals surface area contributed by atoms with Crippen molar-refractivity contribution in [1.29, 1.82) is 0 Å². The van der Waals surface area contributed by atoms with Crippen molar-refractivity contribution in [3.63, 3.8) is 0 Å². The highest BCUT2D eigenvalue weighted by Crippen LogP contribution is 2.15. The standard InChI is InChI=1S/C13H27NO3/c1-10(2)7-12(14)13(8-15)17-9-11-5-3-4-6-16-11/h10-13,15H,3-9,14H2,1-2H3. The van der Waals surface area contributed by atoms with E-state index in [1.54, 1.807) is 0 Å². The van der Waals surface area contributed by atoms with Gasteiger partial charge < -0.3 is 20.3 Å². The second-order valence-electron chi connectivity index (χ2n) is 5.34. The molecule has 0 saturated carbocycles. The van der Waals surface area contributed by atoms with Crippen LogP contribution in [0.2, 0.25) is 0 Å². The average Bonchev–Trinajstić information content (AvgIpc) is 2.30. The number of nitrogens with two attached hydrogens (primary N) is 1. The lowest BCUT2D eigenvalue weighted by molar-refractivity contribution is -0.0807. The molecule has 1 rings (SSSR count). The first kappa shape index (κ1) is 14.9. The van der Waals surface area contributed by atoms with Crippen LogP contribution >= 0.6 is 0 Å². The molecule has 0 aromatic rings. The lowest BCUT2D eigenvalue weighted by Crippen LogP contribution is -2.42. The van der Waals surface area contributed by atoms with Crippen molar-refractivity contribution in [2.45, 2.75) is 57.8 Å². The number of hydrogen-bond acceptors (Lipinski definition) is 4. The average molecular weight is 245 g/mol. The van der Waals surface area contributed by atoms with E-state index in [4.69, 9.17) is 15.2 Å². The Morgan fingerprint density at radius 3 is 2.71 bits per heavy atom. The Kier molecular flexibility index (Phi) is 7.04. The highest BCUT2D eigenvalue weighted by Gasteiger charge is 2.21. The van der Waals surface area contributed by atoms with Crippen molar-refractivity contribution >= 4 is 0 Å². The Hall–Kier alpha value is -0.160. The molecule has 1 heterocycles. The summed E-state index contributed by atoms with van der Waals surface area (Å²) < 4.78 is 11.3. The quantitative estimate of drug-likeness (QED) is 0.710. The Bertz CT molecular complexity index is 193. The molecule has 0 aromatic carbocycles. The lowest BCUT2D eigenvalue weighted by Gasteiger charge is -2.28. The van der Waals surface area contributed by atoms with E-state index in [9.17, 15) is 5.11 Å². The summed E-state index contributed by atoms with van der Waals surface area (Å²) >= 11 is 0. The van der Waals surface area contributed by atoms with E-state index in [1.165, 1.54) is 6.42 Å². The van der Waals surface area contributed by atoms with Crippen LogP contribution in [0.4, 0.5) is 0 Å². The maximum atomic E-state index is 9.29. The fourth-order valence-electron chi connectivity index (χ4n) is 2.18. The number of ether oxygens (including phenoxy) is 2. The van der Waals surface area contributed by atoms with E-state index in [0.717, 1.165) is 25.9 Å². The molecule has 1 saturated heterocycles. The molecule has 1 aliphatic rings. The fraction of sp³-hybridized carbons (Fsp3) is 1.00. The Morgan fingerprint density at radius 1 is 1.41 bits per heavy atom. The third-order valence-corrected chi connectivity index (χ3v) is 3.17. The summed E-state index contributed by atoms with van der Waals surface area (Å²) in [5.74, 6) is 0.522. The van der Waals surface area contributed by atoms with Gasteiger partial charge in [-0.2, -0.15) is 0 Å². The Balaban J connectivity index is 2.25. The minimum atomic E-state index is -0.261. The third kappa shape index (κ3) is 5.82. The van der Waals surface area contributed by atoms with E-state index >= 15 is 0 Å². The Morgan fingerprint density at radius 2 is 2.18 bits per heavy atom. The summed E-state index contributed by atoms with van der Waals surface area (Å²) in [5, 5.41) is 9.29. The molecule has 0 radical (unpaired) electrons. The summed E-state index contributed by atoms with van der Waals surface area (Å²) in [6.45, 7) is 5.62. The largest absolute Gasteiger partial charge is 0.394 e. The molecule has 1 fully saturated rings. The van der Waals surface area contributed by atoms with Crippen molar-refractivity contribution in [1.82, 2.24) is 0 Å². The normalized spacial score (nSPS) is 24.9. The molecule has 0 aromatic heterocycles. The number of aliphatic hydroxyl groups excluding tert-OH is 1. The number of rotatable bonds is 7. The molecule has 1 aliphatic heterocycles. The summed E-state index contributed by atoms with van der Waals surface area (Å²) in [5.41, 5.74) is 6.02. The van der Waals surface area contributed by atoms with Gasteiger partial charge in [0.1, 0.15) is 0 Å².